The van der Waals surface area contributed by atoms with Crippen LogP contribution in [0.4, 0.5) is 20.6 Å². The summed E-state index contributed by atoms with van der Waals surface area (Å²) < 4.78 is 13.4. The molecule has 0 spiro atoms. The number of halogens is 1. The number of anilines is 2. The van der Waals surface area contributed by atoms with Gasteiger partial charge in [-0.15, -0.1) is 0 Å². The molecule has 2 heterocycles. The zero-order valence-corrected chi connectivity index (χ0v) is 19.6. The maximum Gasteiger partial charge on any atom is 0.323 e. The molecule has 0 saturated carbocycles. The summed E-state index contributed by atoms with van der Waals surface area (Å²) >= 11 is 1.70. The van der Waals surface area contributed by atoms with Gasteiger partial charge >= 0.3 is 6.03 Å². The lowest BCUT2D eigenvalue weighted by atomic mass is 9.93. The van der Waals surface area contributed by atoms with Crippen LogP contribution in [0, 0.1) is 5.82 Å². The predicted molar refractivity (Wildman–Crippen MR) is 131 cm³/mol. The van der Waals surface area contributed by atoms with Crippen molar-refractivity contribution in [3.05, 3.63) is 71.2 Å². The molecule has 3 amide bonds. The Balaban J connectivity index is 1.63. The molecular weight excluding hydrogens is 441 g/mol. The van der Waals surface area contributed by atoms with E-state index in [4.69, 9.17) is 4.99 Å². The first-order valence-electron chi connectivity index (χ1n) is 10.7. The number of benzene rings is 2. The van der Waals surface area contributed by atoms with Crippen LogP contribution in [-0.4, -0.2) is 53.3 Å². The van der Waals surface area contributed by atoms with Crippen molar-refractivity contribution in [2.75, 3.05) is 37.0 Å². The zero-order chi connectivity index (χ0) is 23.5. The monoisotopic (exact) mass is 467 g/mol. The molecule has 9 heteroatoms. The van der Waals surface area contributed by atoms with Gasteiger partial charge in [-0.2, -0.15) is 0 Å². The molecule has 2 aromatic rings. The number of hydrogen-bond acceptors (Lipinski definition) is 5. The highest BCUT2D eigenvalue weighted by Gasteiger charge is 2.37. The summed E-state index contributed by atoms with van der Waals surface area (Å²) in [6.07, 6.45) is 0.997. The van der Waals surface area contributed by atoms with Gasteiger partial charge in [0, 0.05) is 37.8 Å². The summed E-state index contributed by atoms with van der Waals surface area (Å²) in [6, 6.07) is 12.4. The number of thioether (sulfide) groups is 1. The number of carbonyl (C=O) groups excluding carboxylic acids is 2. The minimum absolute atomic E-state index is 0.0851. The quantitative estimate of drug-likeness (QED) is 0.685. The van der Waals surface area contributed by atoms with Crippen LogP contribution in [0.2, 0.25) is 0 Å². The average molecular weight is 468 g/mol. The summed E-state index contributed by atoms with van der Waals surface area (Å²) in [7, 11) is 3.47. The van der Waals surface area contributed by atoms with Gasteiger partial charge in [0.25, 0.3) is 5.91 Å². The van der Waals surface area contributed by atoms with Crippen molar-refractivity contribution in [1.29, 1.82) is 0 Å². The van der Waals surface area contributed by atoms with Gasteiger partial charge in [0.15, 0.2) is 5.17 Å². The van der Waals surface area contributed by atoms with Crippen molar-refractivity contribution in [2.24, 2.45) is 4.99 Å². The Kier molecular flexibility index (Phi) is 6.69. The third-order valence-electron chi connectivity index (χ3n) is 5.44. The smallest absolute Gasteiger partial charge is 0.323 e. The molecule has 2 N–H and O–H groups in total. The Bertz CT molecular complexity index is 1150. The summed E-state index contributed by atoms with van der Waals surface area (Å²) in [5.74, 6) is 0.482. The maximum absolute atomic E-state index is 13.4. The van der Waals surface area contributed by atoms with Gasteiger partial charge in [-0.3, -0.25) is 4.79 Å². The second kappa shape index (κ2) is 9.66. The van der Waals surface area contributed by atoms with Crippen LogP contribution >= 0.6 is 11.8 Å². The zero-order valence-electron chi connectivity index (χ0n) is 18.8. The highest BCUT2D eigenvalue weighted by atomic mass is 32.2. The molecule has 4 rings (SSSR count). The van der Waals surface area contributed by atoms with Gasteiger partial charge in [-0.25, -0.2) is 14.2 Å². The van der Waals surface area contributed by atoms with E-state index < -0.39 is 11.8 Å². The van der Waals surface area contributed by atoms with Gasteiger partial charge in [0.1, 0.15) is 5.82 Å². The molecule has 1 atom stereocenters. The van der Waals surface area contributed by atoms with E-state index in [1.54, 1.807) is 42.9 Å². The molecule has 0 aliphatic carbocycles. The molecule has 2 aliphatic rings. The third-order valence-corrected chi connectivity index (χ3v) is 6.51. The van der Waals surface area contributed by atoms with E-state index in [-0.39, 0.29) is 11.9 Å². The van der Waals surface area contributed by atoms with Crippen LogP contribution in [0.3, 0.4) is 0 Å². The molecule has 1 fully saturated rings. The van der Waals surface area contributed by atoms with Gasteiger partial charge in [0.2, 0.25) is 0 Å². The van der Waals surface area contributed by atoms with Crippen molar-refractivity contribution >= 4 is 40.2 Å². The molecule has 1 unspecified atom stereocenters. The first-order chi connectivity index (χ1) is 15.8. The third kappa shape index (κ3) is 5.03. The lowest BCUT2D eigenvalue weighted by Gasteiger charge is -2.41. The molecule has 33 heavy (non-hydrogen) atoms. The van der Waals surface area contributed by atoms with Crippen molar-refractivity contribution in [3.63, 3.8) is 0 Å². The second-order valence-electron chi connectivity index (χ2n) is 8.11. The Morgan fingerprint density at radius 1 is 1.12 bits per heavy atom. The molecule has 2 aromatic carbocycles. The van der Waals surface area contributed by atoms with Crippen molar-refractivity contribution in [3.8, 4) is 0 Å². The normalized spacial score (nSPS) is 17.8. The van der Waals surface area contributed by atoms with E-state index in [0.29, 0.717) is 22.6 Å². The van der Waals surface area contributed by atoms with Crippen molar-refractivity contribution in [1.82, 2.24) is 9.80 Å². The van der Waals surface area contributed by atoms with Crippen LogP contribution in [0.1, 0.15) is 24.9 Å². The van der Waals surface area contributed by atoms with Gasteiger partial charge in [-0.1, -0.05) is 30.0 Å². The largest absolute Gasteiger partial charge is 0.345 e. The van der Waals surface area contributed by atoms with E-state index in [0.717, 1.165) is 29.4 Å². The Morgan fingerprint density at radius 2 is 1.82 bits per heavy atom. The second-order valence-corrected chi connectivity index (χ2v) is 9.17. The maximum atomic E-state index is 13.4. The van der Waals surface area contributed by atoms with Crippen molar-refractivity contribution in [2.45, 2.75) is 19.4 Å². The van der Waals surface area contributed by atoms with E-state index in [1.807, 2.05) is 25.1 Å². The van der Waals surface area contributed by atoms with E-state index in [9.17, 15) is 14.0 Å². The minimum atomic E-state index is -0.478. The van der Waals surface area contributed by atoms with E-state index in [2.05, 4.69) is 15.5 Å². The molecule has 0 bridgehead atoms. The number of carbonyl (C=O) groups is 2. The molecule has 0 radical (unpaired) electrons. The molecule has 1 saturated heterocycles. The van der Waals surface area contributed by atoms with E-state index >= 15 is 0 Å². The number of nitrogens with zero attached hydrogens (tertiary/aromatic N) is 3. The first-order valence-corrected chi connectivity index (χ1v) is 11.7. The number of nitrogens with one attached hydrogen (secondary N) is 2. The number of fused-ring (bicyclic) bond motifs is 1. The van der Waals surface area contributed by atoms with Crippen LogP contribution in [0.15, 0.2) is 64.8 Å². The van der Waals surface area contributed by atoms with Crippen LogP contribution in [-0.2, 0) is 4.79 Å². The average Bonchev–Trinajstić information content (AvgIpc) is 2.77. The molecule has 172 valence electrons. The van der Waals surface area contributed by atoms with Crippen LogP contribution < -0.4 is 10.6 Å². The standard InChI is InChI=1S/C24H26FN5O2S/c1-15-20(22(31)29(2)3)21(30-11-6-12-33-24(30)26-15)16-7-4-9-18(13-16)27-23(32)28-19-10-5-8-17(25)14-19/h4-5,7-10,13-14,21H,6,11-12H2,1-3H3,(H2,27,28,32). The van der Waals surface area contributed by atoms with Crippen molar-refractivity contribution < 1.29 is 14.0 Å². The Labute approximate surface area is 196 Å². The molecular formula is C24H26FN5O2S. The van der Waals surface area contributed by atoms with Crippen LogP contribution in [0.25, 0.3) is 0 Å². The number of urea groups is 1. The lowest BCUT2D eigenvalue weighted by molar-refractivity contribution is -0.125. The summed E-state index contributed by atoms with van der Waals surface area (Å²) in [4.78, 5) is 34.0. The molecule has 0 aromatic heterocycles. The molecule has 7 nitrogen and oxygen atoms in total. The van der Waals surface area contributed by atoms with Gasteiger partial charge in [0.05, 0.1) is 17.3 Å². The first kappa shape index (κ1) is 22.8. The number of aliphatic imine (C=N–C) groups is 1. The Hall–Kier alpha value is -3.33. The Morgan fingerprint density at radius 3 is 2.52 bits per heavy atom. The highest BCUT2D eigenvalue weighted by molar-refractivity contribution is 8.13. The van der Waals surface area contributed by atoms with E-state index in [1.165, 1.54) is 18.2 Å². The topological polar surface area (TPSA) is 77.0 Å². The number of amides is 3. The predicted octanol–water partition coefficient (Wildman–Crippen LogP) is 4.68. The minimum Gasteiger partial charge on any atom is -0.345 e. The van der Waals surface area contributed by atoms with Gasteiger partial charge < -0.3 is 20.4 Å². The summed E-state index contributed by atoms with van der Waals surface area (Å²) in [5.41, 5.74) is 3.16. The number of hydrogen-bond donors (Lipinski definition) is 2. The fourth-order valence-electron chi connectivity index (χ4n) is 3.98. The number of rotatable bonds is 4. The van der Waals surface area contributed by atoms with Crippen LogP contribution in [0.5, 0.6) is 0 Å². The fourth-order valence-corrected chi connectivity index (χ4v) is 5.00. The fraction of sp³-hybridized carbons (Fsp3) is 0.292. The number of amidine groups is 1. The SMILES string of the molecule is CC1=C(C(=O)N(C)C)C(c2cccc(NC(=O)Nc3cccc(F)c3)c2)N2CCCSC2=N1. The lowest BCUT2D eigenvalue weighted by Crippen LogP contribution is -2.43. The number of allylic oxidation sites excluding steroid dienone is 1. The summed E-state index contributed by atoms with van der Waals surface area (Å²) in [6.45, 7) is 2.67. The number of likely N-dealkylation sites (N-methyl/N-ethyl adjacent to an activating group) is 1. The van der Waals surface area contributed by atoms with Gasteiger partial charge in [-0.05, 0) is 49.2 Å². The summed E-state index contributed by atoms with van der Waals surface area (Å²) in [5, 5.41) is 6.35. The molecule has 2 aliphatic heterocycles. The highest BCUT2D eigenvalue weighted by Crippen LogP contribution is 2.40.